The molecule has 0 aliphatic carbocycles. The summed E-state index contributed by atoms with van der Waals surface area (Å²) in [5.41, 5.74) is 0. The minimum atomic E-state index is -1.79. The number of ether oxygens (including phenoxy) is 1. The fourth-order valence-electron chi connectivity index (χ4n) is 0.979. The van der Waals surface area contributed by atoms with Crippen molar-refractivity contribution in [3.63, 3.8) is 0 Å². The molecule has 0 aromatic heterocycles. The average Bonchev–Trinajstić information content (AvgIpc) is 2.14. The maximum Gasteiger partial charge on any atom is 0.707 e. The smallest absolute Gasteiger partial charge is 0.512 e. The van der Waals surface area contributed by atoms with Gasteiger partial charge in [0, 0.05) is 6.07 Å². The van der Waals surface area contributed by atoms with E-state index in [2.05, 4.69) is 4.65 Å². The Morgan fingerprint density at radius 1 is 1.29 bits per heavy atom. The fraction of sp³-hybridized carbons (Fsp3) is 0.333. The normalized spacial score (nSPS) is 9.64. The van der Waals surface area contributed by atoms with Gasteiger partial charge in [0.05, 0.1) is 6.61 Å². The van der Waals surface area contributed by atoms with Gasteiger partial charge in [-0.05, 0) is 18.6 Å². The first kappa shape index (κ1) is 10.9. The number of hydrogen-bond acceptors (Lipinski definition) is 4. The van der Waals surface area contributed by atoms with Crippen molar-refractivity contribution in [3.8, 4) is 11.5 Å². The zero-order valence-corrected chi connectivity index (χ0v) is 8.01. The van der Waals surface area contributed by atoms with Crippen molar-refractivity contribution in [1.29, 1.82) is 0 Å². The summed E-state index contributed by atoms with van der Waals surface area (Å²) in [6.07, 6.45) is 0.924. The molecule has 0 saturated carbocycles. The molecule has 0 bridgehead atoms. The van der Waals surface area contributed by atoms with Crippen molar-refractivity contribution < 1.29 is 19.4 Å². The Hall–Kier alpha value is -1.20. The maximum absolute atomic E-state index is 8.57. The third-order valence-corrected chi connectivity index (χ3v) is 1.52. The molecular weight excluding hydrogens is 183 g/mol. The van der Waals surface area contributed by atoms with Crippen LogP contribution in [-0.4, -0.2) is 24.0 Å². The average molecular weight is 196 g/mol. The van der Waals surface area contributed by atoms with Crippen LogP contribution in [0.4, 0.5) is 0 Å². The zero-order chi connectivity index (χ0) is 10.4. The fourth-order valence-corrected chi connectivity index (χ4v) is 0.979. The van der Waals surface area contributed by atoms with Crippen molar-refractivity contribution in [2.24, 2.45) is 0 Å². The molecule has 0 unspecified atom stereocenters. The highest BCUT2D eigenvalue weighted by molar-refractivity contribution is 6.33. The third kappa shape index (κ3) is 3.68. The van der Waals surface area contributed by atoms with Gasteiger partial charge < -0.3 is 19.4 Å². The zero-order valence-electron chi connectivity index (χ0n) is 8.01. The molecule has 76 valence electrons. The molecule has 0 heterocycles. The van der Waals surface area contributed by atoms with Crippen LogP contribution in [0.15, 0.2) is 24.3 Å². The van der Waals surface area contributed by atoms with E-state index in [9.17, 15) is 0 Å². The van der Waals surface area contributed by atoms with E-state index in [4.69, 9.17) is 14.8 Å². The SMILES string of the molecule is CCCOc1cccc(OB(O)O)c1. The van der Waals surface area contributed by atoms with Crippen LogP contribution in [0, 0.1) is 0 Å². The molecule has 2 N–H and O–H groups in total. The summed E-state index contributed by atoms with van der Waals surface area (Å²) in [7, 11) is -1.79. The quantitative estimate of drug-likeness (QED) is 0.684. The van der Waals surface area contributed by atoms with Gasteiger partial charge in [-0.3, -0.25) is 0 Å². The van der Waals surface area contributed by atoms with Gasteiger partial charge in [0.25, 0.3) is 0 Å². The lowest BCUT2D eigenvalue weighted by Crippen LogP contribution is -2.20. The van der Waals surface area contributed by atoms with Crippen LogP contribution < -0.4 is 9.39 Å². The molecule has 1 rings (SSSR count). The summed E-state index contributed by atoms with van der Waals surface area (Å²) in [5.74, 6) is 1.03. The second-order valence-corrected chi connectivity index (χ2v) is 2.77. The predicted octanol–water partition coefficient (Wildman–Crippen LogP) is 0.824. The second-order valence-electron chi connectivity index (χ2n) is 2.77. The molecule has 0 fully saturated rings. The molecule has 5 heteroatoms. The Balaban J connectivity index is 2.59. The van der Waals surface area contributed by atoms with Gasteiger partial charge in [-0.25, -0.2) is 0 Å². The Bertz CT molecular complexity index is 277. The summed E-state index contributed by atoms with van der Waals surface area (Å²) < 4.78 is 10.0. The van der Waals surface area contributed by atoms with Crippen LogP contribution in [0.25, 0.3) is 0 Å². The first-order valence-corrected chi connectivity index (χ1v) is 4.48. The second kappa shape index (κ2) is 5.52. The molecule has 1 aromatic rings. The van der Waals surface area contributed by atoms with Gasteiger partial charge in [-0.1, -0.05) is 13.0 Å². The molecular formula is C9H13BO4. The molecule has 0 spiro atoms. The van der Waals surface area contributed by atoms with Crippen LogP contribution in [0.5, 0.6) is 11.5 Å². The number of rotatable bonds is 5. The molecule has 0 amide bonds. The van der Waals surface area contributed by atoms with Gasteiger partial charge >= 0.3 is 7.32 Å². The molecule has 0 atom stereocenters. The minimum absolute atomic E-state index is 0.369. The van der Waals surface area contributed by atoms with E-state index >= 15 is 0 Å². The Morgan fingerprint density at radius 3 is 2.64 bits per heavy atom. The van der Waals surface area contributed by atoms with Crippen molar-refractivity contribution in [2.75, 3.05) is 6.61 Å². The molecule has 1 aromatic carbocycles. The Labute approximate surface area is 83.3 Å². The van der Waals surface area contributed by atoms with E-state index in [1.54, 1.807) is 24.3 Å². The van der Waals surface area contributed by atoms with Crippen LogP contribution in [0.3, 0.4) is 0 Å². The lowest BCUT2D eigenvalue weighted by molar-refractivity contribution is 0.285. The van der Waals surface area contributed by atoms with Crippen molar-refractivity contribution >= 4 is 7.32 Å². The third-order valence-electron chi connectivity index (χ3n) is 1.52. The highest BCUT2D eigenvalue weighted by Gasteiger charge is 2.11. The first-order chi connectivity index (χ1) is 6.72. The summed E-state index contributed by atoms with van der Waals surface area (Å²) in [6.45, 7) is 2.64. The van der Waals surface area contributed by atoms with Crippen molar-refractivity contribution in [3.05, 3.63) is 24.3 Å². The molecule has 4 nitrogen and oxygen atoms in total. The van der Waals surface area contributed by atoms with Crippen LogP contribution in [-0.2, 0) is 0 Å². The van der Waals surface area contributed by atoms with E-state index in [0.717, 1.165) is 6.42 Å². The van der Waals surface area contributed by atoms with Gasteiger partial charge in [0.15, 0.2) is 0 Å². The van der Waals surface area contributed by atoms with Gasteiger partial charge in [-0.15, -0.1) is 0 Å². The van der Waals surface area contributed by atoms with Crippen molar-refractivity contribution in [2.45, 2.75) is 13.3 Å². The monoisotopic (exact) mass is 196 g/mol. The van der Waals surface area contributed by atoms with Crippen molar-refractivity contribution in [1.82, 2.24) is 0 Å². The van der Waals surface area contributed by atoms with E-state index in [-0.39, 0.29) is 0 Å². The first-order valence-electron chi connectivity index (χ1n) is 4.48. The lowest BCUT2D eigenvalue weighted by Gasteiger charge is -2.07. The Kier molecular flexibility index (Phi) is 4.29. The number of benzene rings is 1. The summed E-state index contributed by atoms with van der Waals surface area (Å²) >= 11 is 0. The predicted molar refractivity (Wildman–Crippen MR) is 53.0 cm³/mol. The van der Waals surface area contributed by atoms with Gasteiger partial charge in [-0.2, -0.15) is 0 Å². The van der Waals surface area contributed by atoms with Crippen LogP contribution in [0.2, 0.25) is 0 Å². The molecule has 0 radical (unpaired) electrons. The molecule has 0 aliphatic rings. The molecule has 0 saturated heterocycles. The largest absolute Gasteiger partial charge is 0.707 e. The van der Waals surface area contributed by atoms with E-state index < -0.39 is 7.32 Å². The van der Waals surface area contributed by atoms with Gasteiger partial charge in [0.1, 0.15) is 11.5 Å². The molecule has 0 aliphatic heterocycles. The van der Waals surface area contributed by atoms with E-state index in [0.29, 0.717) is 18.1 Å². The standard InChI is InChI=1S/C9H13BO4/c1-2-6-13-8-4-3-5-9(7-8)14-10(11)12/h3-5,7,11-12H,2,6H2,1H3. The van der Waals surface area contributed by atoms with Crippen LogP contribution in [0.1, 0.15) is 13.3 Å². The minimum Gasteiger partial charge on any atom is -0.512 e. The van der Waals surface area contributed by atoms with E-state index in [1.165, 1.54) is 0 Å². The van der Waals surface area contributed by atoms with Crippen LogP contribution >= 0.6 is 0 Å². The summed E-state index contributed by atoms with van der Waals surface area (Å²) in [6, 6.07) is 6.74. The topological polar surface area (TPSA) is 58.9 Å². The highest BCUT2D eigenvalue weighted by Crippen LogP contribution is 2.19. The summed E-state index contributed by atoms with van der Waals surface area (Å²) in [4.78, 5) is 0. The molecule has 14 heavy (non-hydrogen) atoms. The van der Waals surface area contributed by atoms with Gasteiger partial charge in [0.2, 0.25) is 0 Å². The number of hydrogen-bond donors (Lipinski definition) is 2. The maximum atomic E-state index is 8.57. The Morgan fingerprint density at radius 2 is 2.00 bits per heavy atom. The summed E-state index contributed by atoms with van der Waals surface area (Å²) in [5, 5.41) is 17.1. The lowest BCUT2D eigenvalue weighted by atomic mass is 10.2. The highest BCUT2D eigenvalue weighted by atomic mass is 16.6. The van der Waals surface area contributed by atoms with E-state index in [1.807, 2.05) is 6.92 Å².